The van der Waals surface area contributed by atoms with Crippen molar-refractivity contribution in [1.82, 2.24) is 4.98 Å². The molecule has 1 aromatic rings. The minimum absolute atomic E-state index is 0.101. The van der Waals surface area contributed by atoms with Crippen molar-refractivity contribution in [2.24, 2.45) is 0 Å². The number of hydrogen-bond donors (Lipinski definition) is 1. The Labute approximate surface area is 86.1 Å². The van der Waals surface area contributed by atoms with E-state index in [1.807, 2.05) is 0 Å². The number of halogens is 5. The lowest BCUT2D eigenvalue weighted by Crippen LogP contribution is -2.13. The number of carbonyl (C=O) groups excluding carboxylic acids is 1. The normalized spacial score (nSPS) is 11.9. The third-order valence-electron chi connectivity index (χ3n) is 1.75. The highest BCUT2D eigenvalue weighted by Gasteiger charge is 2.35. The van der Waals surface area contributed by atoms with Gasteiger partial charge in [0.05, 0.1) is 11.3 Å². The molecule has 0 bridgehead atoms. The zero-order valence-electron chi connectivity index (χ0n) is 7.55. The number of nitrogens with zero attached hydrogens (tertiary/aromatic N) is 1. The van der Waals surface area contributed by atoms with Crippen molar-refractivity contribution in [2.75, 3.05) is 5.73 Å². The van der Waals surface area contributed by atoms with Crippen LogP contribution in [0.3, 0.4) is 0 Å². The largest absolute Gasteiger partial charge is 0.418 e. The molecule has 0 atom stereocenters. The topological polar surface area (TPSA) is 56.0 Å². The standard InChI is InChI=1S/C8H5F5N2O/c9-7(10)4-1-3(8(11,12)13)6(14)5(2-16)15-4/h1-2,7H,14H2. The molecular formula is C8H5F5N2O. The van der Waals surface area contributed by atoms with Crippen LogP contribution in [0.15, 0.2) is 6.07 Å². The fourth-order valence-corrected chi connectivity index (χ4v) is 1.03. The van der Waals surface area contributed by atoms with E-state index in [2.05, 4.69) is 4.98 Å². The van der Waals surface area contributed by atoms with Crippen LogP contribution in [-0.2, 0) is 6.18 Å². The molecule has 0 aliphatic heterocycles. The second-order valence-electron chi connectivity index (χ2n) is 2.81. The molecule has 1 rings (SSSR count). The van der Waals surface area contributed by atoms with E-state index in [1.54, 1.807) is 0 Å². The predicted octanol–water partition coefficient (Wildman–Crippen LogP) is 2.43. The average molecular weight is 240 g/mol. The lowest BCUT2D eigenvalue weighted by Gasteiger charge is -2.12. The number of rotatable bonds is 2. The smallest absolute Gasteiger partial charge is 0.396 e. The molecule has 0 saturated carbocycles. The van der Waals surface area contributed by atoms with E-state index in [9.17, 15) is 26.7 Å². The number of hydrogen-bond acceptors (Lipinski definition) is 3. The maximum Gasteiger partial charge on any atom is 0.418 e. The van der Waals surface area contributed by atoms with E-state index in [0.717, 1.165) is 0 Å². The van der Waals surface area contributed by atoms with E-state index in [-0.39, 0.29) is 12.4 Å². The van der Waals surface area contributed by atoms with E-state index < -0.39 is 35.2 Å². The summed E-state index contributed by atoms with van der Waals surface area (Å²) < 4.78 is 61.4. The number of pyridine rings is 1. The summed E-state index contributed by atoms with van der Waals surface area (Å²) in [5, 5.41) is 0. The Balaban J connectivity index is 3.48. The lowest BCUT2D eigenvalue weighted by atomic mass is 10.1. The number of nitrogens with two attached hydrogens (primary N) is 1. The Morgan fingerprint density at radius 3 is 2.31 bits per heavy atom. The van der Waals surface area contributed by atoms with Gasteiger partial charge in [0.2, 0.25) is 0 Å². The first-order valence-electron chi connectivity index (χ1n) is 3.88. The Bertz CT molecular complexity index is 416. The van der Waals surface area contributed by atoms with Gasteiger partial charge in [-0.3, -0.25) is 4.79 Å². The second kappa shape index (κ2) is 4.03. The molecule has 88 valence electrons. The van der Waals surface area contributed by atoms with Crippen LogP contribution >= 0.6 is 0 Å². The van der Waals surface area contributed by atoms with Crippen LogP contribution in [0, 0.1) is 0 Å². The van der Waals surface area contributed by atoms with Crippen LogP contribution in [0.1, 0.15) is 28.2 Å². The van der Waals surface area contributed by atoms with Crippen LogP contribution < -0.4 is 5.73 Å². The van der Waals surface area contributed by atoms with Crippen molar-refractivity contribution in [3.8, 4) is 0 Å². The molecule has 0 aliphatic rings. The third kappa shape index (κ3) is 2.26. The van der Waals surface area contributed by atoms with Gasteiger partial charge in [0.25, 0.3) is 6.43 Å². The van der Waals surface area contributed by atoms with Crippen molar-refractivity contribution in [3.63, 3.8) is 0 Å². The molecule has 1 aromatic heterocycles. The first-order chi connectivity index (χ1) is 7.27. The molecule has 0 amide bonds. The SMILES string of the molecule is Nc1c(C(F)(F)F)cc(C(F)F)nc1C=O. The maximum atomic E-state index is 12.3. The van der Waals surface area contributed by atoms with Crippen molar-refractivity contribution in [3.05, 3.63) is 23.0 Å². The van der Waals surface area contributed by atoms with Crippen molar-refractivity contribution in [1.29, 1.82) is 0 Å². The molecule has 1 heterocycles. The second-order valence-corrected chi connectivity index (χ2v) is 2.81. The molecule has 3 nitrogen and oxygen atoms in total. The van der Waals surface area contributed by atoms with Crippen LogP contribution in [0.25, 0.3) is 0 Å². The van der Waals surface area contributed by atoms with E-state index in [1.165, 1.54) is 0 Å². The fourth-order valence-electron chi connectivity index (χ4n) is 1.03. The zero-order chi connectivity index (χ0) is 12.5. The van der Waals surface area contributed by atoms with E-state index in [0.29, 0.717) is 0 Å². The molecule has 0 fully saturated rings. The van der Waals surface area contributed by atoms with Gasteiger partial charge in [-0.1, -0.05) is 0 Å². The summed E-state index contributed by atoms with van der Waals surface area (Å²) in [7, 11) is 0. The van der Waals surface area contributed by atoms with Crippen molar-refractivity contribution in [2.45, 2.75) is 12.6 Å². The van der Waals surface area contributed by atoms with Gasteiger partial charge in [-0.05, 0) is 6.07 Å². The van der Waals surface area contributed by atoms with Gasteiger partial charge in [-0.25, -0.2) is 13.8 Å². The predicted molar refractivity (Wildman–Crippen MR) is 44.0 cm³/mol. The Hall–Kier alpha value is -1.73. The van der Waals surface area contributed by atoms with E-state index >= 15 is 0 Å². The number of aromatic nitrogens is 1. The summed E-state index contributed by atoms with van der Waals surface area (Å²) in [6, 6.07) is 0.132. The summed E-state index contributed by atoms with van der Waals surface area (Å²) in [5.41, 5.74) is 0.574. The van der Waals surface area contributed by atoms with Crippen molar-refractivity contribution < 1.29 is 26.7 Å². The highest BCUT2D eigenvalue weighted by atomic mass is 19.4. The molecule has 0 saturated heterocycles. The number of nitrogen functional groups attached to an aromatic ring is 1. The Morgan fingerprint density at radius 2 is 1.94 bits per heavy atom. The first-order valence-corrected chi connectivity index (χ1v) is 3.88. The van der Waals surface area contributed by atoms with Crippen LogP contribution in [0.4, 0.5) is 27.6 Å². The van der Waals surface area contributed by atoms with E-state index in [4.69, 9.17) is 5.73 Å². The molecule has 0 radical (unpaired) electrons. The zero-order valence-corrected chi connectivity index (χ0v) is 7.55. The maximum absolute atomic E-state index is 12.3. The molecule has 0 spiro atoms. The molecule has 2 N–H and O–H groups in total. The highest BCUT2D eigenvalue weighted by Crippen LogP contribution is 2.36. The monoisotopic (exact) mass is 240 g/mol. The van der Waals surface area contributed by atoms with Gasteiger partial charge in [0.1, 0.15) is 11.4 Å². The van der Waals surface area contributed by atoms with Crippen molar-refractivity contribution >= 4 is 12.0 Å². The van der Waals surface area contributed by atoms with Crippen LogP contribution in [0.2, 0.25) is 0 Å². The van der Waals surface area contributed by atoms with Crippen LogP contribution in [0.5, 0.6) is 0 Å². The summed E-state index contributed by atoms with van der Waals surface area (Å²) in [5.74, 6) is 0. The Morgan fingerprint density at radius 1 is 1.38 bits per heavy atom. The molecule has 0 aromatic carbocycles. The molecule has 0 aliphatic carbocycles. The van der Waals surface area contributed by atoms with Gasteiger partial charge in [-0.2, -0.15) is 13.2 Å². The molecule has 8 heteroatoms. The van der Waals surface area contributed by atoms with Crippen LogP contribution in [-0.4, -0.2) is 11.3 Å². The first kappa shape index (κ1) is 12.3. The number of anilines is 1. The minimum Gasteiger partial charge on any atom is -0.396 e. The lowest BCUT2D eigenvalue weighted by molar-refractivity contribution is -0.137. The molecule has 16 heavy (non-hydrogen) atoms. The summed E-state index contributed by atoms with van der Waals surface area (Å²) in [6.45, 7) is 0. The number of aldehydes is 1. The van der Waals surface area contributed by atoms with Gasteiger partial charge in [0.15, 0.2) is 6.29 Å². The van der Waals surface area contributed by atoms with Gasteiger partial charge in [0, 0.05) is 0 Å². The minimum atomic E-state index is -4.91. The third-order valence-corrected chi connectivity index (χ3v) is 1.75. The fraction of sp³-hybridized carbons (Fsp3) is 0.250. The van der Waals surface area contributed by atoms with Gasteiger partial charge < -0.3 is 5.73 Å². The number of carbonyl (C=O) groups is 1. The molecular weight excluding hydrogens is 235 g/mol. The van der Waals surface area contributed by atoms with Gasteiger partial charge >= 0.3 is 6.18 Å². The Kier molecular flexibility index (Phi) is 3.11. The summed E-state index contributed by atoms with van der Waals surface area (Å²) >= 11 is 0. The molecule has 0 unspecified atom stereocenters. The average Bonchev–Trinajstić information content (AvgIpc) is 2.15. The van der Waals surface area contributed by atoms with Gasteiger partial charge in [-0.15, -0.1) is 0 Å². The summed E-state index contributed by atoms with van der Waals surface area (Å²) in [6.07, 6.45) is -8.22. The highest BCUT2D eigenvalue weighted by molar-refractivity contribution is 5.82. The quantitative estimate of drug-likeness (QED) is 0.638. The summed E-state index contributed by atoms with van der Waals surface area (Å²) in [4.78, 5) is 13.3. The number of alkyl halides is 5.